The van der Waals surface area contributed by atoms with Crippen LogP contribution in [-0.4, -0.2) is 34.5 Å². The zero-order chi connectivity index (χ0) is 13.7. The molecule has 6 nitrogen and oxygen atoms in total. The Bertz CT molecular complexity index is 399. The van der Waals surface area contributed by atoms with E-state index in [0.29, 0.717) is 5.82 Å². The molecule has 0 saturated heterocycles. The standard InChI is InChI=1S/C12H19N3O3/c1-8(2)12(17)15(9(3)4)7-11(16)13-10-5-6-18-14-10/h5-6,8-9H,7H2,1-4H3,(H,13,14,16). The van der Waals surface area contributed by atoms with Gasteiger partial charge in [-0.1, -0.05) is 19.0 Å². The number of nitrogens with one attached hydrogen (secondary N) is 1. The van der Waals surface area contributed by atoms with Gasteiger partial charge in [-0.25, -0.2) is 0 Å². The second kappa shape index (κ2) is 6.18. The summed E-state index contributed by atoms with van der Waals surface area (Å²) < 4.78 is 4.61. The van der Waals surface area contributed by atoms with Gasteiger partial charge < -0.3 is 14.7 Å². The highest BCUT2D eigenvalue weighted by molar-refractivity contribution is 5.94. The van der Waals surface area contributed by atoms with Gasteiger partial charge in [-0.15, -0.1) is 0 Å². The minimum Gasteiger partial charge on any atom is -0.363 e. The van der Waals surface area contributed by atoms with Crippen LogP contribution >= 0.6 is 0 Å². The molecule has 1 heterocycles. The number of rotatable bonds is 5. The molecule has 6 heteroatoms. The molecule has 0 radical (unpaired) electrons. The van der Waals surface area contributed by atoms with Crippen molar-refractivity contribution in [2.45, 2.75) is 33.7 Å². The second-order valence-electron chi connectivity index (χ2n) is 4.65. The number of hydrogen-bond donors (Lipinski definition) is 1. The first-order valence-electron chi connectivity index (χ1n) is 5.92. The van der Waals surface area contributed by atoms with Crippen molar-refractivity contribution >= 4 is 17.6 Å². The molecule has 1 aromatic heterocycles. The van der Waals surface area contributed by atoms with Gasteiger partial charge in [0.2, 0.25) is 11.8 Å². The molecule has 100 valence electrons. The summed E-state index contributed by atoms with van der Waals surface area (Å²) in [4.78, 5) is 25.2. The summed E-state index contributed by atoms with van der Waals surface area (Å²) in [6, 6.07) is 1.52. The van der Waals surface area contributed by atoms with Crippen molar-refractivity contribution in [2.24, 2.45) is 5.92 Å². The first kappa shape index (κ1) is 14.2. The minimum absolute atomic E-state index is 0.0154. The summed E-state index contributed by atoms with van der Waals surface area (Å²) in [5.41, 5.74) is 0. The van der Waals surface area contributed by atoms with Gasteiger partial charge in [-0.3, -0.25) is 9.59 Å². The Balaban J connectivity index is 2.61. The first-order chi connectivity index (χ1) is 8.41. The number of anilines is 1. The lowest BCUT2D eigenvalue weighted by molar-refractivity contribution is -0.139. The molecule has 0 atom stereocenters. The van der Waals surface area contributed by atoms with Crippen molar-refractivity contribution in [2.75, 3.05) is 11.9 Å². The molecule has 0 aliphatic rings. The van der Waals surface area contributed by atoms with E-state index in [1.807, 2.05) is 27.7 Å². The van der Waals surface area contributed by atoms with E-state index in [0.717, 1.165) is 0 Å². The quantitative estimate of drug-likeness (QED) is 0.863. The van der Waals surface area contributed by atoms with Crippen molar-refractivity contribution in [3.8, 4) is 0 Å². The van der Waals surface area contributed by atoms with E-state index in [9.17, 15) is 9.59 Å². The van der Waals surface area contributed by atoms with E-state index in [2.05, 4.69) is 15.0 Å². The number of aromatic nitrogens is 1. The summed E-state index contributed by atoms with van der Waals surface area (Å²) >= 11 is 0. The highest BCUT2D eigenvalue weighted by atomic mass is 16.5. The van der Waals surface area contributed by atoms with Gasteiger partial charge in [0.05, 0.1) is 0 Å². The molecule has 1 rings (SSSR count). The van der Waals surface area contributed by atoms with Crippen molar-refractivity contribution in [3.05, 3.63) is 12.3 Å². The third-order valence-corrected chi connectivity index (χ3v) is 2.42. The van der Waals surface area contributed by atoms with E-state index in [1.165, 1.54) is 6.26 Å². The van der Waals surface area contributed by atoms with Crippen LogP contribution in [-0.2, 0) is 9.59 Å². The Hall–Kier alpha value is -1.85. The molecule has 0 spiro atoms. The van der Waals surface area contributed by atoms with Crippen LogP contribution in [0.4, 0.5) is 5.82 Å². The molecule has 0 aliphatic carbocycles. The lowest BCUT2D eigenvalue weighted by Gasteiger charge is -2.27. The van der Waals surface area contributed by atoms with Crippen LogP contribution in [0.15, 0.2) is 16.9 Å². The van der Waals surface area contributed by atoms with Crippen LogP contribution in [0.3, 0.4) is 0 Å². The lowest BCUT2D eigenvalue weighted by Crippen LogP contribution is -2.44. The molecule has 0 bridgehead atoms. The van der Waals surface area contributed by atoms with Crippen LogP contribution in [0.5, 0.6) is 0 Å². The summed E-state index contributed by atoms with van der Waals surface area (Å²) in [5, 5.41) is 6.14. The van der Waals surface area contributed by atoms with Gasteiger partial charge >= 0.3 is 0 Å². The molecule has 0 unspecified atom stereocenters. The zero-order valence-electron chi connectivity index (χ0n) is 11.1. The van der Waals surface area contributed by atoms with Crippen LogP contribution < -0.4 is 5.32 Å². The van der Waals surface area contributed by atoms with E-state index in [4.69, 9.17) is 0 Å². The zero-order valence-corrected chi connectivity index (χ0v) is 11.1. The van der Waals surface area contributed by atoms with Gasteiger partial charge in [0.15, 0.2) is 5.82 Å². The molecule has 1 aromatic rings. The smallest absolute Gasteiger partial charge is 0.245 e. The van der Waals surface area contributed by atoms with Gasteiger partial charge in [-0.05, 0) is 13.8 Å². The maximum Gasteiger partial charge on any atom is 0.245 e. The van der Waals surface area contributed by atoms with Crippen molar-refractivity contribution in [1.82, 2.24) is 10.1 Å². The van der Waals surface area contributed by atoms with Crippen molar-refractivity contribution < 1.29 is 14.1 Å². The van der Waals surface area contributed by atoms with E-state index in [-0.39, 0.29) is 30.3 Å². The monoisotopic (exact) mass is 253 g/mol. The van der Waals surface area contributed by atoms with Crippen molar-refractivity contribution in [3.63, 3.8) is 0 Å². The third-order valence-electron chi connectivity index (χ3n) is 2.42. The predicted octanol–water partition coefficient (Wildman–Crippen LogP) is 1.51. The number of amides is 2. The Morgan fingerprint density at radius 1 is 1.39 bits per heavy atom. The molecule has 18 heavy (non-hydrogen) atoms. The molecular formula is C12H19N3O3. The fourth-order valence-corrected chi connectivity index (χ4v) is 1.46. The highest BCUT2D eigenvalue weighted by Crippen LogP contribution is 2.07. The minimum atomic E-state index is -0.286. The molecule has 0 saturated carbocycles. The van der Waals surface area contributed by atoms with Crippen molar-refractivity contribution in [1.29, 1.82) is 0 Å². The number of hydrogen-bond acceptors (Lipinski definition) is 4. The van der Waals surface area contributed by atoms with Gasteiger partial charge in [0, 0.05) is 18.0 Å². The topological polar surface area (TPSA) is 75.4 Å². The maximum atomic E-state index is 11.9. The normalized spacial score (nSPS) is 10.8. The Morgan fingerprint density at radius 3 is 2.50 bits per heavy atom. The van der Waals surface area contributed by atoms with Crippen LogP contribution in [0.1, 0.15) is 27.7 Å². The Morgan fingerprint density at radius 2 is 2.06 bits per heavy atom. The number of nitrogens with zero attached hydrogens (tertiary/aromatic N) is 2. The van der Waals surface area contributed by atoms with Crippen LogP contribution in [0, 0.1) is 5.92 Å². The lowest BCUT2D eigenvalue weighted by atomic mass is 10.1. The van der Waals surface area contributed by atoms with Gasteiger partial charge in [0.25, 0.3) is 0 Å². The molecule has 0 aliphatic heterocycles. The number of carbonyl (C=O) groups is 2. The molecule has 0 aromatic carbocycles. The summed E-state index contributed by atoms with van der Waals surface area (Å²) in [5.74, 6) is -0.111. The third kappa shape index (κ3) is 3.87. The fraction of sp³-hybridized carbons (Fsp3) is 0.583. The fourth-order valence-electron chi connectivity index (χ4n) is 1.46. The first-order valence-corrected chi connectivity index (χ1v) is 5.92. The van der Waals surface area contributed by atoms with E-state index in [1.54, 1.807) is 11.0 Å². The predicted molar refractivity (Wildman–Crippen MR) is 66.8 cm³/mol. The Kier molecular flexibility index (Phi) is 4.88. The number of carbonyl (C=O) groups excluding carboxylic acids is 2. The van der Waals surface area contributed by atoms with E-state index < -0.39 is 0 Å². The summed E-state index contributed by atoms with van der Waals surface area (Å²) in [7, 11) is 0. The Labute approximate surface area is 106 Å². The molecule has 2 amide bonds. The summed E-state index contributed by atoms with van der Waals surface area (Å²) in [6.45, 7) is 7.40. The SMILES string of the molecule is CC(C)C(=O)N(CC(=O)Nc1ccon1)C(C)C. The average molecular weight is 253 g/mol. The van der Waals surface area contributed by atoms with E-state index >= 15 is 0 Å². The van der Waals surface area contributed by atoms with Crippen LogP contribution in [0.2, 0.25) is 0 Å². The summed E-state index contributed by atoms with van der Waals surface area (Å²) in [6.07, 6.45) is 1.37. The second-order valence-corrected chi connectivity index (χ2v) is 4.65. The molecule has 1 N–H and O–H groups in total. The molecular weight excluding hydrogens is 234 g/mol. The van der Waals surface area contributed by atoms with Crippen LogP contribution in [0.25, 0.3) is 0 Å². The maximum absolute atomic E-state index is 11.9. The van der Waals surface area contributed by atoms with Gasteiger partial charge in [-0.2, -0.15) is 0 Å². The highest BCUT2D eigenvalue weighted by Gasteiger charge is 2.22. The largest absolute Gasteiger partial charge is 0.363 e. The van der Waals surface area contributed by atoms with Gasteiger partial charge in [0.1, 0.15) is 12.8 Å². The molecule has 0 fully saturated rings. The average Bonchev–Trinajstić information content (AvgIpc) is 2.77.